The minimum atomic E-state index is -4.04. The molecule has 0 spiro atoms. The van der Waals surface area contributed by atoms with E-state index in [1.807, 2.05) is 29.2 Å². The third kappa shape index (κ3) is 6.14. The van der Waals surface area contributed by atoms with Crippen molar-refractivity contribution in [3.63, 3.8) is 0 Å². The highest BCUT2D eigenvalue weighted by molar-refractivity contribution is 7.89. The molecule has 15 nitrogen and oxygen atoms in total. The number of ether oxygens (including phenoxy) is 1. The molecule has 2 aliphatic rings. The van der Waals surface area contributed by atoms with Gasteiger partial charge in [0.2, 0.25) is 5.95 Å². The highest BCUT2D eigenvalue weighted by atomic mass is 32.2. The summed E-state index contributed by atoms with van der Waals surface area (Å²) in [4.78, 5) is 42.3. The number of H-pyrrole nitrogens is 1. The lowest BCUT2D eigenvalue weighted by Crippen LogP contribution is -2.58. The first-order valence-corrected chi connectivity index (χ1v) is 16.4. The lowest BCUT2D eigenvalue weighted by Gasteiger charge is -2.41. The second kappa shape index (κ2) is 12.3. The molecule has 7 rings (SSSR count). The van der Waals surface area contributed by atoms with E-state index in [0.717, 1.165) is 29.0 Å². The van der Waals surface area contributed by atoms with E-state index < -0.39 is 22.2 Å². The number of piperazine rings is 1. The first-order chi connectivity index (χ1) is 22.8. The van der Waals surface area contributed by atoms with E-state index in [2.05, 4.69) is 35.6 Å². The summed E-state index contributed by atoms with van der Waals surface area (Å²) in [5.41, 5.74) is 2.17. The number of rotatable bonds is 9. The Morgan fingerprint density at radius 3 is 2.53 bits per heavy atom. The van der Waals surface area contributed by atoms with Crippen LogP contribution in [0.4, 0.5) is 11.8 Å². The fraction of sp³-hybridized carbons (Fsp3) is 0.258. The van der Waals surface area contributed by atoms with Gasteiger partial charge in [0.1, 0.15) is 18.3 Å². The molecule has 4 heterocycles. The zero-order valence-corrected chi connectivity index (χ0v) is 26.0. The number of anilines is 2. The zero-order chi connectivity index (χ0) is 32.5. The smallest absolute Gasteiger partial charge is 0.356 e. The van der Waals surface area contributed by atoms with Gasteiger partial charge in [0.25, 0.3) is 15.9 Å². The van der Waals surface area contributed by atoms with Crippen LogP contribution in [0.2, 0.25) is 0 Å². The first kappa shape index (κ1) is 30.0. The number of amides is 1. The van der Waals surface area contributed by atoms with Crippen LogP contribution in [0.5, 0.6) is 0 Å². The normalized spacial score (nSPS) is 16.6. The van der Waals surface area contributed by atoms with Crippen molar-refractivity contribution in [2.24, 2.45) is 0 Å². The zero-order valence-electron chi connectivity index (χ0n) is 25.2. The quantitative estimate of drug-likeness (QED) is 0.222. The molecular weight excluding hydrogens is 624 g/mol. The van der Waals surface area contributed by atoms with Crippen LogP contribution in [-0.2, 0) is 14.8 Å². The van der Waals surface area contributed by atoms with Gasteiger partial charge >= 0.3 is 5.97 Å². The van der Waals surface area contributed by atoms with Gasteiger partial charge in [-0.05, 0) is 43.2 Å². The number of carbonyl (C=O) groups excluding carboxylic acids is 2. The first-order valence-electron chi connectivity index (χ1n) is 14.9. The van der Waals surface area contributed by atoms with Crippen LogP contribution in [0.15, 0.2) is 84.1 Å². The van der Waals surface area contributed by atoms with Crippen molar-refractivity contribution < 1.29 is 22.7 Å². The minimum Gasteiger partial charge on any atom is -0.464 e. The Morgan fingerprint density at radius 1 is 1.00 bits per heavy atom. The number of carbonyl (C=O) groups is 2. The van der Waals surface area contributed by atoms with E-state index >= 15 is 0 Å². The molecule has 0 radical (unpaired) electrons. The third-order valence-corrected chi connectivity index (χ3v) is 9.58. The highest BCUT2D eigenvalue weighted by Crippen LogP contribution is 2.39. The largest absolute Gasteiger partial charge is 0.464 e. The van der Waals surface area contributed by atoms with Crippen molar-refractivity contribution in [3.8, 4) is 11.4 Å². The average Bonchev–Trinajstić information content (AvgIpc) is 3.63. The maximum Gasteiger partial charge on any atom is 0.356 e. The monoisotopic (exact) mass is 654 g/mol. The van der Waals surface area contributed by atoms with Crippen LogP contribution >= 0.6 is 0 Å². The molecule has 3 aromatic heterocycles. The highest BCUT2D eigenvalue weighted by Gasteiger charge is 2.33. The summed E-state index contributed by atoms with van der Waals surface area (Å²) in [5, 5.41) is 15.0. The molecule has 1 amide bonds. The molecule has 1 atom stereocenters. The molecule has 2 N–H and O–H groups in total. The van der Waals surface area contributed by atoms with E-state index in [9.17, 15) is 18.0 Å². The van der Waals surface area contributed by atoms with Crippen molar-refractivity contribution in [2.75, 3.05) is 37.0 Å². The maximum atomic E-state index is 13.7. The summed E-state index contributed by atoms with van der Waals surface area (Å²) < 4.78 is 32.2. The SMILES string of the molecule is COC(=O)c1ccnc(N2CCN(C(=O)c3ccc(S(=O)(=O)n4cnc(-c5ccccc5)n4)cc3)CC2Nc2cc(C3CC3)[nH]n2)n1. The third-order valence-electron chi connectivity index (χ3n) is 8.04. The van der Waals surface area contributed by atoms with Gasteiger partial charge in [0.15, 0.2) is 11.5 Å². The summed E-state index contributed by atoms with van der Waals surface area (Å²) in [5.74, 6) is 0.800. The van der Waals surface area contributed by atoms with Gasteiger partial charge in [-0.15, -0.1) is 9.19 Å². The Kier molecular flexibility index (Phi) is 7.85. The van der Waals surface area contributed by atoms with E-state index in [-0.39, 0.29) is 28.9 Å². The van der Waals surface area contributed by atoms with Gasteiger partial charge < -0.3 is 19.9 Å². The second-order valence-corrected chi connectivity index (χ2v) is 13.0. The Balaban J connectivity index is 1.10. The molecule has 0 bridgehead atoms. The number of hydrogen-bond donors (Lipinski definition) is 2. The molecule has 2 fully saturated rings. The number of benzene rings is 2. The number of aromatic nitrogens is 7. The van der Waals surface area contributed by atoms with Crippen molar-refractivity contribution in [3.05, 3.63) is 96.2 Å². The van der Waals surface area contributed by atoms with Crippen LogP contribution in [0, 0.1) is 0 Å². The molecule has 240 valence electrons. The van der Waals surface area contributed by atoms with Crippen molar-refractivity contribution in [1.82, 2.24) is 39.2 Å². The number of nitrogens with zero attached hydrogens (tertiary/aromatic N) is 8. The fourth-order valence-corrected chi connectivity index (χ4v) is 6.42. The second-order valence-electron chi connectivity index (χ2n) is 11.2. The van der Waals surface area contributed by atoms with Crippen molar-refractivity contribution in [1.29, 1.82) is 0 Å². The molecule has 1 saturated heterocycles. The van der Waals surface area contributed by atoms with Gasteiger partial charge in [-0.3, -0.25) is 9.89 Å². The molecule has 1 saturated carbocycles. The summed E-state index contributed by atoms with van der Waals surface area (Å²) in [7, 11) is -2.76. The van der Waals surface area contributed by atoms with Crippen LogP contribution in [0.3, 0.4) is 0 Å². The summed E-state index contributed by atoms with van der Waals surface area (Å²) >= 11 is 0. The summed E-state index contributed by atoms with van der Waals surface area (Å²) in [6, 6.07) is 18.2. The molecule has 16 heteroatoms. The standard InChI is InChI=1S/C31H30N10O5S/c1-46-30(43)24-13-14-32-31(34-24)40-16-15-39(18-27(40)35-26-17-25(36-37-26)20-7-8-20)29(42)22-9-11-23(12-10-22)47(44,45)41-19-33-28(38-41)21-5-3-2-4-6-21/h2-6,9-14,17,19-20,27H,7-8,15-16,18H2,1H3,(H2,35,36,37). The van der Waals surface area contributed by atoms with Crippen LogP contribution in [0.1, 0.15) is 45.3 Å². The van der Waals surface area contributed by atoms with Gasteiger partial charge in [0, 0.05) is 48.1 Å². The Hall–Kier alpha value is -5.64. The molecule has 5 aromatic rings. The summed E-state index contributed by atoms with van der Waals surface area (Å²) in [6.45, 7) is 0.881. The van der Waals surface area contributed by atoms with E-state index in [1.165, 1.54) is 43.6 Å². The number of esters is 1. The van der Waals surface area contributed by atoms with Gasteiger partial charge in [0.05, 0.1) is 18.6 Å². The number of aromatic amines is 1. The molecule has 1 aliphatic carbocycles. The van der Waals surface area contributed by atoms with Gasteiger partial charge in [-0.25, -0.2) is 19.7 Å². The Labute approximate surface area is 269 Å². The maximum absolute atomic E-state index is 13.7. The van der Waals surface area contributed by atoms with Crippen LogP contribution in [0.25, 0.3) is 11.4 Å². The predicted octanol–water partition coefficient (Wildman–Crippen LogP) is 2.76. The predicted molar refractivity (Wildman–Crippen MR) is 169 cm³/mol. The molecular formula is C31H30N10O5S. The van der Waals surface area contributed by atoms with Gasteiger partial charge in [-0.1, -0.05) is 30.3 Å². The Morgan fingerprint density at radius 2 is 1.79 bits per heavy atom. The lowest BCUT2D eigenvalue weighted by atomic mass is 10.1. The molecule has 1 unspecified atom stereocenters. The van der Waals surface area contributed by atoms with Crippen molar-refractivity contribution >= 4 is 33.7 Å². The number of nitrogens with one attached hydrogen (secondary N) is 2. The topological polar surface area (TPSA) is 181 Å². The van der Waals surface area contributed by atoms with Gasteiger partial charge in [-0.2, -0.15) is 13.5 Å². The van der Waals surface area contributed by atoms with E-state index in [1.54, 1.807) is 17.0 Å². The lowest BCUT2D eigenvalue weighted by molar-refractivity contribution is 0.0593. The van der Waals surface area contributed by atoms with Crippen LogP contribution < -0.4 is 10.2 Å². The molecule has 1 aliphatic heterocycles. The summed E-state index contributed by atoms with van der Waals surface area (Å²) in [6.07, 6.45) is 4.37. The van der Waals surface area contributed by atoms with Crippen LogP contribution in [-0.4, -0.2) is 92.4 Å². The minimum absolute atomic E-state index is 0.0319. The Bertz CT molecular complexity index is 2030. The number of methoxy groups -OCH3 is 1. The average molecular weight is 655 g/mol. The number of hydrogen-bond acceptors (Lipinski definition) is 12. The molecule has 47 heavy (non-hydrogen) atoms. The van der Waals surface area contributed by atoms with E-state index in [0.29, 0.717) is 41.9 Å². The molecule has 2 aromatic carbocycles. The fourth-order valence-electron chi connectivity index (χ4n) is 5.36. The van der Waals surface area contributed by atoms with Crippen molar-refractivity contribution in [2.45, 2.75) is 29.8 Å². The van der Waals surface area contributed by atoms with E-state index in [4.69, 9.17) is 4.74 Å².